The first kappa shape index (κ1) is 19.1. The maximum absolute atomic E-state index is 11.8. The van der Waals surface area contributed by atoms with Gasteiger partial charge in [-0.25, -0.2) is 4.79 Å². The fourth-order valence-electron chi connectivity index (χ4n) is 2.55. The fourth-order valence-corrected chi connectivity index (χ4v) is 2.55. The maximum atomic E-state index is 11.8. The molecular weight excluding hydrogens is 320 g/mol. The molecule has 0 aliphatic carbocycles. The molecule has 128 valence electrons. The lowest BCUT2D eigenvalue weighted by atomic mass is 9.95. The Bertz CT molecular complexity index is 551. The Morgan fingerprint density at radius 1 is 1.39 bits per heavy atom. The number of rotatable bonds is 6. The van der Waals surface area contributed by atoms with Crippen LogP contribution >= 0.6 is 12.4 Å². The van der Waals surface area contributed by atoms with E-state index in [-0.39, 0.29) is 24.3 Å². The number of carbonyl (C=O) groups is 2. The average Bonchev–Trinajstić information content (AvgIpc) is 2.94. The molecule has 1 amide bonds. The lowest BCUT2D eigenvalue weighted by molar-refractivity contribution is -0.140. The molecule has 0 bridgehead atoms. The largest absolute Gasteiger partial charge is 0.469 e. The summed E-state index contributed by atoms with van der Waals surface area (Å²) in [5.74, 6) is 0.447. The second kappa shape index (κ2) is 9.25. The average molecular weight is 343 g/mol. The fraction of sp³-hybridized carbons (Fsp3) is 0.500. The number of benzene rings is 1. The van der Waals surface area contributed by atoms with E-state index in [0.29, 0.717) is 25.1 Å². The highest BCUT2D eigenvalue weighted by Crippen LogP contribution is 2.40. The smallest absolute Gasteiger partial charge is 0.412 e. The van der Waals surface area contributed by atoms with Crippen molar-refractivity contribution in [2.24, 2.45) is 0 Å². The van der Waals surface area contributed by atoms with Crippen molar-refractivity contribution in [2.75, 3.05) is 25.5 Å². The summed E-state index contributed by atoms with van der Waals surface area (Å²) in [4.78, 5) is 23.1. The second-order valence-corrected chi connectivity index (χ2v) is 5.23. The molecule has 1 heterocycles. The van der Waals surface area contributed by atoms with Crippen LogP contribution in [0.15, 0.2) is 18.2 Å². The van der Waals surface area contributed by atoms with Crippen molar-refractivity contribution in [1.82, 2.24) is 5.32 Å². The van der Waals surface area contributed by atoms with Gasteiger partial charge in [0, 0.05) is 36.7 Å². The number of anilines is 1. The van der Waals surface area contributed by atoms with Crippen LogP contribution in [0.3, 0.4) is 0 Å². The Balaban J connectivity index is 0.00000264. The summed E-state index contributed by atoms with van der Waals surface area (Å²) in [7, 11) is 1.38. The third kappa shape index (κ3) is 5.03. The third-order valence-electron chi connectivity index (χ3n) is 3.66. The van der Waals surface area contributed by atoms with Crippen LogP contribution in [0.4, 0.5) is 10.5 Å². The summed E-state index contributed by atoms with van der Waals surface area (Å²) in [6, 6.07) is 5.57. The SMILES string of the molecule is CCCNC(=O)Oc1cccc2c1C(CCC(=O)OC)CN2.Cl. The van der Waals surface area contributed by atoms with Crippen LogP contribution in [0.2, 0.25) is 0 Å². The number of ether oxygens (including phenoxy) is 2. The summed E-state index contributed by atoms with van der Waals surface area (Å²) in [6.07, 6.45) is 1.40. The van der Waals surface area contributed by atoms with Gasteiger partial charge in [0.2, 0.25) is 0 Å². The summed E-state index contributed by atoms with van der Waals surface area (Å²) in [5.41, 5.74) is 1.91. The minimum absolute atomic E-state index is 0. The predicted octanol–water partition coefficient (Wildman–Crippen LogP) is 3.07. The van der Waals surface area contributed by atoms with Crippen LogP contribution in [-0.4, -0.2) is 32.3 Å². The van der Waals surface area contributed by atoms with Gasteiger partial charge in [0.15, 0.2) is 0 Å². The van der Waals surface area contributed by atoms with E-state index in [2.05, 4.69) is 15.4 Å². The van der Waals surface area contributed by atoms with Gasteiger partial charge >= 0.3 is 12.1 Å². The third-order valence-corrected chi connectivity index (χ3v) is 3.66. The van der Waals surface area contributed by atoms with Crippen LogP contribution in [0, 0.1) is 0 Å². The minimum Gasteiger partial charge on any atom is -0.469 e. The van der Waals surface area contributed by atoms with E-state index in [4.69, 9.17) is 4.74 Å². The highest BCUT2D eigenvalue weighted by atomic mass is 35.5. The van der Waals surface area contributed by atoms with Gasteiger partial charge in [-0.2, -0.15) is 0 Å². The Morgan fingerprint density at radius 3 is 2.87 bits per heavy atom. The van der Waals surface area contributed by atoms with Crippen LogP contribution in [0.25, 0.3) is 0 Å². The number of methoxy groups -OCH3 is 1. The maximum Gasteiger partial charge on any atom is 0.412 e. The van der Waals surface area contributed by atoms with E-state index in [9.17, 15) is 9.59 Å². The van der Waals surface area contributed by atoms with E-state index in [1.54, 1.807) is 6.07 Å². The van der Waals surface area contributed by atoms with Crippen LogP contribution in [-0.2, 0) is 9.53 Å². The molecule has 6 nitrogen and oxygen atoms in total. The Kier molecular flexibility index (Phi) is 7.68. The van der Waals surface area contributed by atoms with Gasteiger partial charge in [-0.15, -0.1) is 12.4 Å². The number of amides is 1. The number of nitrogens with one attached hydrogen (secondary N) is 2. The molecule has 1 aromatic carbocycles. The second-order valence-electron chi connectivity index (χ2n) is 5.23. The van der Waals surface area contributed by atoms with Crippen LogP contribution in [0.5, 0.6) is 5.75 Å². The van der Waals surface area contributed by atoms with Gasteiger partial charge in [-0.3, -0.25) is 4.79 Å². The van der Waals surface area contributed by atoms with Crippen molar-refractivity contribution in [3.8, 4) is 5.75 Å². The molecule has 2 rings (SSSR count). The monoisotopic (exact) mass is 342 g/mol. The molecule has 0 radical (unpaired) electrons. The van der Waals surface area contributed by atoms with Crippen molar-refractivity contribution >= 4 is 30.2 Å². The number of carbonyl (C=O) groups excluding carboxylic acids is 2. The molecule has 1 aliphatic rings. The van der Waals surface area contributed by atoms with Crippen molar-refractivity contribution in [2.45, 2.75) is 32.1 Å². The lowest BCUT2D eigenvalue weighted by Gasteiger charge is -2.14. The zero-order chi connectivity index (χ0) is 15.9. The highest BCUT2D eigenvalue weighted by Gasteiger charge is 2.27. The van der Waals surface area contributed by atoms with E-state index < -0.39 is 6.09 Å². The highest BCUT2D eigenvalue weighted by molar-refractivity contribution is 5.85. The van der Waals surface area contributed by atoms with Gasteiger partial charge in [0.05, 0.1) is 7.11 Å². The molecule has 0 aromatic heterocycles. The van der Waals surface area contributed by atoms with E-state index in [1.807, 2.05) is 19.1 Å². The molecule has 1 unspecified atom stereocenters. The predicted molar refractivity (Wildman–Crippen MR) is 90.5 cm³/mol. The molecule has 1 atom stereocenters. The van der Waals surface area contributed by atoms with E-state index in [0.717, 1.165) is 24.2 Å². The van der Waals surface area contributed by atoms with Gasteiger partial charge in [0.25, 0.3) is 0 Å². The molecule has 1 aliphatic heterocycles. The van der Waals surface area contributed by atoms with Crippen molar-refractivity contribution in [1.29, 1.82) is 0 Å². The molecule has 1 aromatic rings. The van der Waals surface area contributed by atoms with Crippen molar-refractivity contribution < 1.29 is 19.1 Å². The number of hydrogen-bond donors (Lipinski definition) is 2. The molecule has 2 N–H and O–H groups in total. The summed E-state index contributed by atoms with van der Waals surface area (Å²) in [5, 5.41) is 5.98. The number of fused-ring (bicyclic) bond motifs is 1. The number of esters is 1. The summed E-state index contributed by atoms with van der Waals surface area (Å²) >= 11 is 0. The lowest BCUT2D eigenvalue weighted by Crippen LogP contribution is -2.27. The van der Waals surface area contributed by atoms with Crippen molar-refractivity contribution in [3.05, 3.63) is 23.8 Å². The van der Waals surface area contributed by atoms with Crippen molar-refractivity contribution in [3.63, 3.8) is 0 Å². The molecular formula is C16H23ClN2O4. The van der Waals surface area contributed by atoms with Crippen LogP contribution < -0.4 is 15.4 Å². The topological polar surface area (TPSA) is 76.7 Å². The number of halogens is 1. The number of hydrogen-bond acceptors (Lipinski definition) is 5. The van der Waals surface area contributed by atoms with Gasteiger partial charge < -0.3 is 20.1 Å². The molecule has 0 spiro atoms. The van der Waals surface area contributed by atoms with Gasteiger partial charge in [-0.05, 0) is 25.0 Å². The quantitative estimate of drug-likeness (QED) is 0.777. The van der Waals surface area contributed by atoms with Gasteiger partial charge in [0.1, 0.15) is 5.75 Å². The zero-order valence-electron chi connectivity index (χ0n) is 13.4. The molecule has 0 fully saturated rings. The molecule has 0 saturated heterocycles. The van der Waals surface area contributed by atoms with E-state index in [1.165, 1.54) is 7.11 Å². The Labute approximate surface area is 142 Å². The van der Waals surface area contributed by atoms with E-state index >= 15 is 0 Å². The minimum atomic E-state index is -0.450. The molecule has 23 heavy (non-hydrogen) atoms. The zero-order valence-corrected chi connectivity index (χ0v) is 14.2. The van der Waals surface area contributed by atoms with Crippen LogP contribution in [0.1, 0.15) is 37.7 Å². The molecule has 0 saturated carbocycles. The first-order valence-electron chi connectivity index (χ1n) is 7.55. The molecule has 7 heteroatoms. The first-order chi connectivity index (χ1) is 10.7. The Morgan fingerprint density at radius 2 is 2.17 bits per heavy atom. The summed E-state index contributed by atoms with van der Waals surface area (Å²) in [6.45, 7) is 3.29. The Hall–Kier alpha value is -1.95. The standard InChI is InChI=1S/C16H22N2O4.ClH/c1-3-9-17-16(20)22-13-6-4-5-12-15(13)11(10-18-12)7-8-14(19)21-2;/h4-6,11,18H,3,7-10H2,1-2H3,(H,17,20);1H. The summed E-state index contributed by atoms with van der Waals surface area (Å²) < 4.78 is 10.1. The van der Waals surface area contributed by atoms with Gasteiger partial charge in [-0.1, -0.05) is 13.0 Å². The normalized spacial score (nSPS) is 15.0. The first-order valence-corrected chi connectivity index (χ1v) is 7.55.